The average molecular weight is 418 g/mol. The van der Waals surface area contributed by atoms with E-state index >= 15 is 0 Å². The third kappa shape index (κ3) is 6.54. The van der Waals surface area contributed by atoms with Crippen molar-refractivity contribution in [1.29, 1.82) is 0 Å². The second-order valence-electron chi connectivity index (χ2n) is 8.36. The average Bonchev–Trinajstić information content (AvgIpc) is 2.78. The summed E-state index contributed by atoms with van der Waals surface area (Å²) in [6.07, 6.45) is 8.07. The minimum Gasteiger partial charge on any atom is -0.353 e. The van der Waals surface area contributed by atoms with Crippen LogP contribution in [0.1, 0.15) is 68.1 Å². The molecular weight excluding hydrogens is 385 g/mol. The second kappa shape index (κ2) is 11.1. The molecule has 0 unspecified atom stereocenters. The number of carbonyl (C=O) groups excluding carboxylic acids is 3. The van der Waals surface area contributed by atoms with Gasteiger partial charge in [0.1, 0.15) is 5.82 Å². The van der Waals surface area contributed by atoms with Gasteiger partial charge in [0.15, 0.2) is 0 Å². The summed E-state index contributed by atoms with van der Waals surface area (Å²) >= 11 is 0. The van der Waals surface area contributed by atoms with Crippen molar-refractivity contribution in [1.82, 2.24) is 15.5 Å². The van der Waals surface area contributed by atoms with Gasteiger partial charge in [-0.3, -0.25) is 14.4 Å². The van der Waals surface area contributed by atoms with Gasteiger partial charge in [0.05, 0.1) is 0 Å². The van der Waals surface area contributed by atoms with Crippen molar-refractivity contribution in [3.8, 4) is 0 Å². The quantitative estimate of drug-likeness (QED) is 0.670. The Bertz CT molecular complexity index is 724. The van der Waals surface area contributed by atoms with Crippen molar-refractivity contribution in [3.63, 3.8) is 0 Å². The van der Waals surface area contributed by atoms with Crippen molar-refractivity contribution in [2.45, 2.75) is 63.8 Å². The van der Waals surface area contributed by atoms with Gasteiger partial charge >= 0.3 is 0 Å². The molecule has 6 nitrogen and oxygen atoms in total. The molecule has 30 heavy (non-hydrogen) atoms. The molecule has 1 heterocycles. The van der Waals surface area contributed by atoms with Gasteiger partial charge in [-0.25, -0.2) is 4.39 Å². The SMILES string of the molecule is O=C(NCCCC(=O)N1CCC(NC(=O)C2CCCCC2)CC1)c1ccc(F)cc1. The normalized spacial score (nSPS) is 18.1. The van der Waals surface area contributed by atoms with E-state index in [9.17, 15) is 18.8 Å². The number of piperidine rings is 1. The van der Waals surface area contributed by atoms with E-state index in [1.807, 2.05) is 4.90 Å². The Hall–Kier alpha value is -2.44. The van der Waals surface area contributed by atoms with Crippen molar-refractivity contribution in [3.05, 3.63) is 35.6 Å². The van der Waals surface area contributed by atoms with E-state index < -0.39 is 0 Å². The van der Waals surface area contributed by atoms with Crippen LogP contribution in [0.25, 0.3) is 0 Å². The molecule has 2 aliphatic rings. The van der Waals surface area contributed by atoms with Gasteiger partial charge in [0.2, 0.25) is 11.8 Å². The molecule has 1 saturated carbocycles. The first-order chi connectivity index (χ1) is 14.5. The zero-order chi connectivity index (χ0) is 21.3. The summed E-state index contributed by atoms with van der Waals surface area (Å²) in [5.74, 6) is -0.200. The Kier molecular flexibility index (Phi) is 8.22. The summed E-state index contributed by atoms with van der Waals surface area (Å²) in [5, 5.41) is 5.94. The van der Waals surface area contributed by atoms with E-state index in [0.717, 1.165) is 38.5 Å². The van der Waals surface area contributed by atoms with E-state index in [4.69, 9.17) is 0 Å². The monoisotopic (exact) mass is 417 g/mol. The molecule has 1 aromatic carbocycles. The van der Waals surface area contributed by atoms with Crippen LogP contribution in [0.3, 0.4) is 0 Å². The van der Waals surface area contributed by atoms with E-state index in [1.165, 1.54) is 30.7 Å². The van der Waals surface area contributed by atoms with Gasteiger partial charge in [-0.05, 0) is 56.4 Å². The zero-order valence-electron chi connectivity index (χ0n) is 17.5. The second-order valence-corrected chi connectivity index (χ2v) is 8.36. The van der Waals surface area contributed by atoms with Crippen LogP contribution in [0.5, 0.6) is 0 Å². The van der Waals surface area contributed by atoms with Gasteiger partial charge < -0.3 is 15.5 Å². The molecule has 164 valence electrons. The topological polar surface area (TPSA) is 78.5 Å². The molecule has 0 radical (unpaired) electrons. The van der Waals surface area contributed by atoms with Crippen molar-refractivity contribution >= 4 is 17.7 Å². The standard InChI is InChI=1S/C23H32FN3O3/c24-19-10-8-18(9-11-19)22(29)25-14-4-7-21(28)27-15-12-20(13-16-27)26-23(30)17-5-2-1-3-6-17/h8-11,17,20H,1-7,12-16H2,(H,25,29)(H,26,30). The Morgan fingerprint density at radius 2 is 1.63 bits per heavy atom. The minimum absolute atomic E-state index is 0.0862. The summed E-state index contributed by atoms with van der Waals surface area (Å²) in [6.45, 7) is 1.72. The number of hydrogen-bond donors (Lipinski definition) is 2. The molecule has 1 saturated heterocycles. The molecule has 3 amide bonds. The number of benzene rings is 1. The number of nitrogens with one attached hydrogen (secondary N) is 2. The Morgan fingerprint density at radius 3 is 2.30 bits per heavy atom. The van der Waals surface area contributed by atoms with Crippen LogP contribution in [0.4, 0.5) is 4.39 Å². The molecule has 1 aliphatic heterocycles. The van der Waals surface area contributed by atoms with Gasteiger partial charge in [0.25, 0.3) is 5.91 Å². The van der Waals surface area contributed by atoms with Crippen LogP contribution in [-0.2, 0) is 9.59 Å². The Labute approximate surface area is 177 Å². The first-order valence-electron chi connectivity index (χ1n) is 11.1. The Morgan fingerprint density at radius 1 is 0.967 bits per heavy atom. The van der Waals surface area contributed by atoms with Gasteiger partial charge in [-0.2, -0.15) is 0 Å². The third-order valence-corrected chi connectivity index (χ3v) is 6.13. The lowest BCUT2D eigenvalue weighted by atomic mass is 9.88. The first-order valence-corrected chi connectivity index (χ1v) is 11.1. The molecule has 0 aromatic heterocycles. The molecule has 3 rings (SSSR count). The lowest BCUT2D eigenvalue weighted by Crippen LogP contribution is -2.48. The number of carbonyl (C=O) groups is 3. The molecule has 2 N–H and O–H groups in total. The number of amides is 3. The van der Waals surface area contributed by atoms with Crippen LogP contribution in [0, 0.1) is 11.7 Å². The zero-order valence-corrected chi connectivity index (χ0v) is 17.5. The largest absolute Gasteiger partial charge is 0.353 e. The summed E-state index contributed by atoms with van der Waals surface area (Å²) in [4.78, 5) is 38.6. The van der Waals surface area contributed by atoms with Gasteiger partial charge in [-0.1, -0.05) is 19.3 Å². The molecule has 1 aliphatic carbocycles. The number of rotatable bonds is 7. The first kappa shape index (κ1) is 22.2. The number of nitrogens with zero attached hydrogens (tertiary/aromatic N) is 1. The van der Waals surface area contributed by atoms with Gasteiger partial charge in [-0.15, -0.1) is 0 Å². The van der Waals surface area contributed by atoms with E-state index in [0.29, 0.717) is 38.0 Å². The lowest BCUT2D eigenvalue weighted by molar-refractivity contribution is -0.132. The molecule has 0 spiro atoms. The Balaban J connectivity index is 1.30. The molecule has 0 atom stereocenters. The van der Waals surface area contributed by atoms with Crippen molar-refractivity contribution < 1.29 is 18.8 Å². The van der Waals surface area contributed by atoms with Crippen molar-refractivity contribution in [2.75, 3.05) is 19.6 Å². The van der Waals surface area contributed by atoms with E-state index in [2.05, 4.69) is 10.6 Å². The predicted octanol–water partition coefficient (Wildman–Crippen LogP) is 3.02. The minimum atomic E-state index is -0.380. The summed E-state index contributed by atoms with van der Waals surface area (Å²) in [6, 6.07) is 5.54. The van der Waals surface area contributed by atoms with Crippen LogP contribution in [0.2, 0.25) is 0 Å². The fraction of sp³-hybridized carbons (Fsp3) is 0.609. The number of halogens is 1. The maximum Gasteiger partial charge on any atom is 0.251 e. The molecule has 1 aromatic rings. The highest BCUT2D eigenvalue weighted by Crippen LogP contribution is 2.24. The van der Waals surface area contributed by atoms with E-state index in [-0.39, 0.29) is 35.5 Å². The maximum absolute atomic E-state index is 12.9. The third-order valence-electron chi connectivity index (χ3n) is 6.13. The predicted molar refractivity (Wildman–Crippen MR) is 112 cm³/mol. The van der Waals surface area contributed by atoms with Crippen molar-refractivity contribution in [2.24, 2.45) is 5.92 Å². The van der Waals surface area contributed by atoms with Crippen LogP contribution >= 0.6 is 0 Å². The molecule has 7 heteroatoms. The van der Waals surface area contributed by atoms with Crippen LogP contribution < -0.4 is 10.6 Å². The highest BCUT2D eigenvalue weighted by molar-refractivity contribution is 5.94. The fourth-order valence-electron chi connectivity index (χ4n) is 4.26. The fourth-order valence-corrected chi connectivity index (χ4v) is 4.26. The van der Waals surface area contributed by atoms with Crippen LogP contribution in [-0.4, -0.2) is 48.3 Å². The lowest BCUT2D eigenvalue weighted by Gasteiger charge is -2.33. The highest BCUT2D eigenvalue weighted by Gasteiger charge is 2.27. The molecule has 0 bridgehead atoms. The molecule has 2 fully saturated rings. The summed E-state index contributed by atoms with van der Waals surface area (Å²) in [7, 11) is 0. The molecular formula is C23H32FN3O3. The smallest absolute Gasteiger partial charge is 0.251 e. The van der Waals surface area contributed by atoms with E-state index in [1.54, 1.807) is 0 Å². The summed E-state index contributed by atoms with van der Waals surface area (Å²) < 4.78 is 12.9. The number of hydrogen-bond acceptors (Lipinski definition) is 3. The van der Waals surface area contributed by atoms with Crippen LogP contribution in [0.15, 0.2) is 24.3 Å². The highest BCUT2D eigenvalue weighted by atomic mass is 19.1. The van der Waals surface area contributed by atoms with Gasteiger partial charge in [0, 0.05) is 43.6 Å². The summed E-state index contributed by atoms with van der Waals surface area (Å²) in [5.41, 5.74) is 0.403. The number of likely N-dealkylation sites (tertiary alicyclic amines) is 1. The maximum atomic E-state index is 12.9.